The smallest absolute Gasteiger partial charge is 0.0897 e. The Morgan fingerprint density at radius 1 is 1.57 bits per heavy atom. The fraction of sp³-hybridized carbons (Fsp3) is 0.727. The van der Waals surface area contributed by atoms with Crippen LogP contribution in [0.4, 0.5) is 0 Å². The van der Waals surface area contributed by atoms with E-state index in [9.17, 15) is 0 Å². The van der Waals surface area contributed by atoms with Crippen molar-refractivity contribution in [3.8, 4) is 0 Å². The Labute approximate surface area is 95.5 Å². The first-order valence-electron chi connectivity index (χ1n) is 5.06. The average Bonchev–Trinajstić information content (AvgIpc) is 2.51. The molecule has 3 heteroatoms. The molecule has 1 atom stereocenters. The Morgan fingerprint density at radius 3 is 2.71 bits per heavy atom. The summed E-state index contributed by atoms with van der Waals surface area (Å²) < 4.78 is 0. The normalized spacial score (nSPS) is 15.4. The van der Waals surface area contributed by atoms with Gasteiger partial charge >= 0.3 is 0 Å². The number of rotatable bonds is 5. The van der Waals surface area contributed by atoms with Gasteiger partial charge < -0.3 is 0 Å². The van der Waals surface area contributed by atoms with Crippen molar-refractivity contribution in [1.82, 2.24) is 4.98 Å². The molecule has 1 unspecified atom stereocenters. The van der Waals surface area contributed by atoms with E-state index in [1.807, 2.05) is 6.92 Å². The largest absolute Gasteiger partial charge is 0.247 e. The Kier molecular flexibility index (Phi) is 4.39. The van der Waals surface area contributed by atoms with E-state index < -0.39 is 0 Å². The molecule has 14 heavy (non-hydrogen) atoms. The van der Waals surface area contributed by atoms with E-state index in [4.69, 9.17) is 11.6 Å². The number of thiazole rings is 1. The van der Waals surface area contributed by atoms with Crippen LogP contribution in [0.5, 0.6) is 0 Å². The van der Waals surface area contributed by atoms with Crippen LogP contribution in [0.25, 0.3) is 0 Å². The lowest BCUT2D eigenvalue weighted by Crippen LogP contribution is -2.21. The topological polar surface area (TPSA) is 12.9 Å². The fourth-order valence-corrected chi connectivity index (χ4v) is 2.57. The van der Waals surface area contributed by atoms with Crippen molar-refractivity contribution < 1.29 is 0 Å². The molecule has 0 fully saturated rings. The summed E-state index contributed by atoms with van der Waals surface area (Å²) in [5.74, 6) is 0.720. The minimum Gasteiger partial charge on any atom is -0.247 e. The number of aryl methyl sites for hydroxylation is 1. The molecule has 0 bridgehead atoms. The van der Waals surface area contributed by atoms with Crippen molar-refractivity contribution in [3.63, 3.8) is 0 Å². The first-order chi connectivity index (χ1) is 6.59. The van der Waals surface area contributed by atoms with E-state index in [2.05, 4.69) is 24.2 Å². The summed E-state index contributed by atoms with van der Waals surface area (Å²) in [6, 6.07) is 0. The molecule has 0 N–H and O–H groups in total. The Hall–Kier alpha value is -0.0800. The lowest BCUT2D eigenvalue weighted by Gasteiger charge is -2.25. The minimum absolute atomic E-state index is 0.219. The number of nitrogens with zero attached hydrogens (tertiary/aromatic N) is 1. The van der Waals surface area contributed by atoms with E-state index in [-0.39, 0.29) is 5.41 Å². The second-order valence-corrected chi connectivity index (χ2v) is 5.56. The minimum atomic E-state index is 0.219. The van der Waals surface area contributed by atoms with Crippen LogP contribution in [-0.4, -0.2) is 10.9 Å². The van der Waals surface area contributed by atoms with Crippen LogP contribution in [0.15, 0.2) is 5.38 Å². The van der Waals surface area contributed by atoms with Crippen molar-refractivity contribution in [2.24, 2.45) is 5.41 Å². The fourth-order valence-electron chi connectivity index (χ4n) is 1.73. The maximum Gasteiger partial charge on any atom is 0.0897 e. The first-order valence-corrected chi connectivity index (χ1v) is 6.48. The van der Waals surface area contributed by atoms with Gasteiger partial charge in [-0.3, -0.25) is 0 Å². The lowest BCUT2D eigenvalue weighted by molar-refractivity contribution is 0.332. The molecule has 1 aromatic heterocycles. The van der Waals surface area contributed by atoms with E-state index in [1.165, 1.54) is 18.5 Å². The third-order valence-electron chi connectivity index (χ3n) is 2.45. The Morgan fingerprint density at radius 2 is 2.29 bits per heavy atom. The van der Waals surface area contributed by atoms with Gasteiger partial charge in [0.05, 0.1) is 10.7 Å². The summed E-state index contributed by atoms with van der Waals surface area (Å²) >= 11 is 7.74. The quantitative estimate of drug-likeness (QED) is 0.697. The molecule has 0 spiro atoms. The molecule has 0 amide bonds. The molecule has 0 aliphatic carbocycles. The van der Waals surface area contributed by atoms with Crippen molar-refractivity contribution >= 4 is 22.9 Å². The molecule has 0 aliphatic rings. The molecule has 1 rings (SSSR count). The summed E-state index contributed by atoms with van der Waals surface area (Å²) in [4.78, 5) is 4.49. The van der Waals surface area contributed by atoms with Crippen molar-refractivity contribution in [3.05, 3.63) is 16.1 Å². The Balaban J connectivity index is 2.64. The molecule has 0 saturated carbocycles. The number of halogens is 1. The highest BCUT2D eigenvalue weighted by molar-refractivity contribution is 7.09. The maximum atomic E-state index is 6.02. The van der Waals surface area contributed by atoms with Crippen molar-refractivity contribution in [2.75, 3.05) is 5.88 Å². The van der Waals surface area contributed by atoms with E-state index in [0.717, 1.165) is 17.3 Å². The van der Waals surface area contributed by atoms with Gasteiger partial charge in [0.2, 0.25) is 0 Å². The molecule has 0 saturated heterocycles. The number of hydrogen-bond donors (Lipinski definition) is 0. The average molecular weight is 232 g/mol. The molecular weight excluding hydrogens is 214 g/mol. The van der Waals surface area contributed by atoms with Gasteiger partial charge in [0.15, 0.2) is 0 Å². The predicted octanol–water partition coefficient (Wildman–Crippen LogP) is 4.04. The van der Waals surface area contributed by atoms with Gasteiger partial charge in [-0.15, -0.1) is 22.9 Å². The second-order valence-electron chi connectivity index (χ2n) is 4.23. The van der Waals surface area contributed by atoms with Gasteiger partial charge in [-0.05, 0) is 25.2 Å². The summed E-state index contributed by atoms with van der Waals surface area (Å²) in [5.41, 5.74) is 1.42. The maximum absolute atomic E-state index is 6.02. The molecule has 1 nitrogen and oxygen atoms in total. The molecule has 1 aromatic rings. The summed E-state index contributed by atoms with van der Waals surface area (Å²) in [6.07, 6.45) is 3.37. The van der Waals surface area contributed by atoms with Gasteiger partial charge in [-0.2, -0.15) is 0 Å². The lowest BCUT2D eigenvalue weighted by atomic mass is 9.83. The molecule has 0 radical (unpaired) electrons. The van der Waals surface area contributed by atoms with Gasteiger partial charge in [0, 0.05) is 11.3 Å². The summed E-state index contributed by atoms with van der Waals surface area (Å²) in [5, 5.41) is 3.30. The highest BCUT2D eigenvalue weighted by Gasteiger charge is 2.23. The second kappa shape index (κ2) is 5.13. The molecule has 0 aromatic carbocycles. The van der Waals surface area contributed by atoms with Crippen molar-refractivity contribution in [1.29, 1.82) is 0 Å². The monoisotopic (exact) mass is 231 g/mol. The predicted molar refractivity (Wildman–Crippen MR) is 64.3 cm³/mol. The van der Waals surface area contributed by atoms with Crippen LogP contribution in [0.1, 0.15) is 37.4 Å². The molecule has 80 valence electrons. The van der Waals surface area contributed by atoms with E-state index in [0.29, 0.717) is 0 Å². The zero-order chi connectivity index (χ0) is 10.6. The van der Waals surface area contributed by atoms with Crippen molar-refractivity contribution in [2.45, 2.75) is 40.0 Å². The van der Waals surface area contributed by atoms with Gasteiger partial charge in [0.25, 0.3) is 0 Å². The van der Waals surface area contributed by atoms with E-state index >= 15 is 0 Å². The standard InChI is InChI=1S/C11H18ClNS/c1-4-5-11(3,8-12)6-10-7-14-9(2)13-10/h7H,4-6,8H2,1-3H3. The van der Waals surface area contributed by atoms with Crippen LogP contribution < -0.4 is 0 Å². The number of aromatic nitrogens is 1. The highest BCUT2D eigenvalue weighted by atomic mass is 35.5. The molecular formula is C11H18ClNS. The number of alkyl halides is 1. The van der Waals surface area contributed by atoms with Crippen LogP contribution in [0, 0.1) is 12.3 Å². The van der Waals surface area contributed by atoms with Crippen LogP contribution in [0.3, 0.4) is 0 Å². The zero-order valence-corrected chi connectivity index (χ0v) is 10.7. The Bertz CT molecular complexity index is 285. The molecule has 1 heterocycles. The molecule has 0 aliphatic heterocycles. The third kappa shape index (κ3) is 3.25. The van der Waals surface area contributed by atoms with Gasteiger partial charge in [-0.25, -0.2) is 4.98 Å². The zero-order valence-electron chi connectivity index (χ0n) is 9.14. The summed E-state index contributed by atoms with van der Waals surface area (Å²) in [7, 11) is 0. The highest BCUT2D eigenvalue weighted by Crippen LogP contribution is 2.29. The third-order valence-corrected chi connectivity index (χ3v) is 3.92. The van der Waals surface area contributed by atoms with Crippen LogP contribution >= 0.6 is 22.9 Å². The SMILES string of the molecule is CCCC(C)(CCl)Cc1csc(C)n1. The number of hydrogen-bond acceptors (Lipinski definition) is 2. The van der Waals surface area contributed by atoms with Gasteiger partial charge in [0.1, 0.15) is 0 Å². The van der Waals surface area contributed by atoms with Crippen LogP contribution in [0.2, 0.25) is 0 Å². The summed E-state index contributed by atoms with van der Waals surface area (Å²) in [6.45, 7) is 6.50. The first kappa shape index (κ1) is 12.0. The van der Waals surface area contributed by atoms with Crippen LogP contribution in [-0.2, 0) is 6.42 Å². The van der Waals surface area contributed by atoms with E-state index in [1.54, 1.807) is 11.3 Å². The van der Waals surface area contributed by atoms with Gasteiger partial charge in [-0.1, -0.05) is 20.3 Å².